The number of rotatable bonds is 5. The maximum atomic E-state index is 12.9. The van der Waals surface area contributed by atoms with Crippen LogP contribution < -0.4 is 10.9 Å². The number of anilines is 1. The van der Waals surface area contributed by atoms with Crippen LogP contribution in [0, 0.1) is 0 Å². The Morgan fingerprint density at radius 1 is 1.26 bits per heavy atom. The Kier molecular flexibility index (Phi) is 4.43. The summed E-state index contributed by atoms with van der Waals surface area (Å²) < 4.78 is 3.08. The highest BCUT2D eigenvalue weighted by Gasteiger charge is 2.24. The van der Waals surface area contributed by atoms with Gasteiger partial charge >= 0.3 is 0 Å². The van der Waals surface area contributed by atoms with Crippen molar-refractivity contribution in [2.75, 3.05) is 5.32 Å². The quantitative estimate of drug-likeness (QED) is 0.738. The number of hydrogen-bond donors (Lipinski definition) is 1. The Bertz CT molecular complexity index is 1040. The van der Waals surface area contributed by atoms with Crippen molar-refractivity contribution in [3.8, 4) is 0 Å². The molecule has 1 aliphatic rings. The zero-order chi connectivity index (χ0) is 19.0. The molecular formula is C18H21N7O2. The van der Waals surface area contributed by atoms with E-state index in [0.29, 0.717) is 22.6 Å². The molecule has 0 aromatic carbocycles. The van der Waals surface area contributed by atoms with Gasteiger partial charge in [-0.3, -0.25) is 19.6 Å². The fraction of sp³-hybridized carbons (Fsp3) is 0.444. The average Bonchev–Trinajstić information content (AvgIpc) is 3.01. The molecule has 3 aromatic heterocycles. The number of nitrogens with zero attached hydrogens (tertiary/aromatic N) is 6. The van der Waals surface area contributed by atoms with Crippen LogP contribution in [0.4, 0.5) is 5.95 Å². The summed E-state index contributed by atoms with van der Waals surface area (Å²) in [5, 5.41) is 12.1. The molecule has 3 aromatic rings. The Balaban J connectivity index is 1.68. The summed E-state index contributed by atoms with van der Waals surface area (Å²) >= 11 is 0. The van der Waals surface area contributed by atoms with Gasteiger partial charge in [0.15, 0.2) is 0 Å². The van der Waals surface area contributed by atoms with Gasteiger partial charge in [-0.15, -0.1) is 0 Å². The Hall–Kier alpha value is -3.10. The Morgan fingerprint density at radius 2 is 2.00 bits per heavy atom. The van der Waals surface area contributed by atoms with Gasteiger partial charge in [-0.1, -0.05) is 13.8 Å². The highest BCUT2D eigenvalue weighted by Crippen LogP contribution is 2.32. The second kappa shape index (κ2) is 6.90. The molecule has 0 bridgehead atoms. The summed E-state index contributed by atoms with van der Waals surface area (Å²) in [5.41, 5.74) is 1.03. The van der Waals surface area contributed by atoms with E-state index in [-0.39, 0.29) is 24.0 Å². The van der Waals surface area contributed by atoms with E-state index in [4.69, 9.17) is 0 Å². The van der Waals surface area contributed by atoms with E-state index in [1.165, 1.54) is 23.5 Å². The minimum Gasteiger partial charge on any atom is -0.293 e. The lowest BCUT2D eigenvalue weighted by molar-refractivity contribution is -0.117. The van der Waals surface area contributed by atoms with E-state index < -0.39 is 5.91 Å². The fourth-order valence-corrected chi connectivity index (χ4v) is 3.10. The number of nitrogens with one attached hydrogen (secondary N) is 1. The third-order valence-electron chi connectivity index (χ3n) is 4.77. The molecule has 0 atom stereocenters. The second-order valence-corrected chi connectivity index (χ2v) is 7.08. The summed E-state index contributed by atoms with van der Waals surface area (Å²) in [5.74, 6) is -0.139. The third kappa shape index (κ3) is 3.32. The molecule has 0 aliphatic heterocycles. The first-order chi connectivity index (χ1) is 13.0. The molecule has 4 rings (SSSR count). The van der Waals surface area contributed by atoms with E-state index in [9.17, 15) is 9.59 Å². The number of amides is 1. The van der Waals surface area contributed by atoms with Crippen LogP contribution in [0.1, 0.15) is 50.8 Å². The van der Waals surface area contributed by atoms with Crippen LogP contribution in [0.15, 0.2) is 29.5 Å². The molecule has 0 saturated heterocycles. The molecule has 1 fully saturated rings. The number of fused-ring (bicyclic) bond motifs is 1. The normalized spacial score (nSPS) is 14.5. The molecule has 1 saturated carbocycles. The maximum absolute atomic E-state index is 12.9. The lowest BCUT2D eigenvalue weighted by Gasteiger charge is -2.25. The van der Waals surface area contributed by atoms with E-state index in [0.717, 1.165) is 12.8 Å². The molecule has 27 heavy (non-hydrogen) atoms. The van der Waals surface area contributed by atoms with E-state index in [1.54, 1.807) is 12.3 Å². The highest BCUT2D eigenvalue weighted by molar-refractivity contribution is 5.89. The van der Waals surface area contributed by atoms with Crippen molar-refractivity contribution < 1.29 is 4.79 Å². The molecule has 0 spiro atoms. The summed E-state index contributed by atoms with van der Waals surface area (Å²) in [7, 11) is 0. The summed E-state index contributed by atoms with van der Waals surface area (Å²) in [6.07, 6.45) is 8.19. The van der Waals surface area contributed by atoms with Gasteiger partial charge in [-0.25, -0.2) is 14.6 Å². The molecule has 140 valence electrons. The molecule has 1 amide bonds. The van der Waals surface area contributed by atoms with Gasteiger partial charge in [0.2, 0.25) is 11.9 Å². The SMILES string of the molecule is CC(C)c1nn(CC(=O)Nc2ncccn2)c(=O)c2cn(C3CCC3)nc12. The lowest BCUT2D eigenvalue weighted by Crippen LogP contribution is -2.31. The topological polar surface area (TPSA) is 108 Å². The van der Waals surface area contributed by atoms with Crippen molar-refractivity contribution in [1.82, 2.24) is 29.5 Å². The van der Waals surface area contributed by atoms with Crippen molar-refractivity contribution in [1.29, 1.82) is 0 Å². The Morgan fingerprint density at radius 3 is 2.63 bits per heavy atom. The first-order valence-electron chi connectivity index (χ1n) is 9.09. The number of carbonyl (C=O) groups excluding carboxylic acids is 1. The Labute approximate surface area is 155 Å². The van der Waals surface area contributed by atoms with Gasteiger partial charge in [-0.2, -0.15) is 10.2 Å². The predicted molar refractivity (Wildman–Crippen MR) is 99.4 cm³/mol. The van der Waals surface area contributed by atoms with Gasteiger partial charge in [0, 0.05) is 18.6 Å². The van der Waals surface area contributed by atoms with Crippen molar-refractivity contribution >= 4 is 22.8 Å². The smallest absolute Gasteiger partial charge is 0.278 e. The largest absolute Gasteiger partial charge is 0.293 e. The zero-order valence-electron chi connectivity index (χ0n) is 15.3. The summed E-state index contributed by atoms with van der Waals surface area (Å²) in [4.78, 5) is 33.1. The zero-order valence-corrected chi connectivity index (χ0v) is 15.3. The molecule has 0 unspecified atom stereocenters. The highest BCUT2D eigenvalue weighted by atomic mass is 16.2. The van der Waals surface area contributed by atoms with E-state index in [2.05, 4.69) is 25.5 Å². The van der Waals surface area contributed by atoms with Crippen LogP contribution in [-0.4, -0.2) is 35.4 Å². The fourth-order valence-electron chi connectivity index (χ4n) is 3.10. The van der Waals surface area contributed by atoms with Gasteiger partial charge in [0.1, 0.15) is 12.1 Å². The van der Waals surface area contributed by atoms with Gasteiger partial charge in [0.25, 0.3) is 5.56 Å². The molecule has 9 nitrogen and oxygen atoms in total. The van der Waals surface area contributed by atoms with Gasteiger partial charge < -0.3 is 0 Å². The van der Waals surface area contributed by atoms with Crippen LogP contribution in [0.5, 0.6) is 0 Å². The molecular weight excluding hydrogens is 346 g/mol. The van der Waals surface area contributed by atoms with Gasteiger partial charge in [0.05, 0.1) is 17.1 Å². The van der Waals surface area contributed by atoms with Crippen molar-refractivity contribution in [3.05, 3.63) is 40.7 Å². The average molecular weight is 367 g/mol. The molecule has 1 N–H and O–H groups in total. The summed E-state index contributed by atoms with van der Waals surface area (Å²) in [6.45, 7) is 3.79. The lowest BCUT2D eigenvalue weighted by atomic mass is 9.93. The number of hydrogen-bond acceptors (Lipinski definition) is 6. The van der Waals surface area contributed by atoms with Gasteiger partial charge in [-0.05, 0) is 31.2 Å². The first kappa shape index (κ1) is 17.3. The van der Waals surface area contributed by atoms with E-state index >= 15 is 0 Å². The summed E-state index contributed by atoms with van der Waals surface area (Å²) in [6, 6.07) is 2.01. The molecule has 3 heterocycles. The van der Waals surface area contributed by atoms with Crippen molar-refractivity contribution in [2.45, 2.75) is 51.6 Å². The van der Waals surface area contributed by atoms with Crippen LogP contribution in [0.2, 0.25) is 0 Å². The maximum Gasteiger partial charge on any atom is 0.278 e. The minimum absolute atomic E-state index is 0.0737. The van der Waals surface area contributed by atoms with Crippen LogP contribution in [0.3, 0.4) is 0 Å². The van der Waals surface area contributed by atoms with Crippen LogP contribution in [-0.2, 0) is 11.3 Å². The van der Waals surface area contributed by atoms with Crippen molar-refractivity contribution in [3.63, 3.8) is 0 Å². The standard InChI is InChI=1S/C18H21N7O2/c1-11(2)15-16-13(9-24(23-16)12-5-3-6-12)17(27)25(22-15)10-14(26)21-18-19-7-4-8-20-18/h4,7-9,11-12H,3,5-6,10H2,1-2H3,(H,19,20,21,26). The molecule has 0 radical (unpaired) electrons. The van der Waals surface area contributed by atoms with Crippen LogP contribution >= 0.6 is 0 Å². The van der Waals surface area contributed by atoms with E-state index in [1.807, 2.05) is 18.5 Å². The molecule has 9 heteroatoms. The van der Waals surface area contributed by atoms with Crippen LogP contribution in [0.25, 0.3) is 10.9 Å². The minimum atomic E-state index is -0.406. The third-order valence-corrected chi connectivity index (χ3v) is 4.77. The monoisotopic (exact) mass is 367 g/mol. The number of aromatic nitrogens is 6. The predicted octanol–water partition coefficient (Wildman–Crippen LogP) is 1.87. The molecule has 1 aliphatic carbocycles. The second-order valence-electron chi connectivity index (χ2n) is 7.08. The van der Waals surface area contributed by atoms with Crippen molar-refractivity contribution in [2.24, 2.45) is 0 Å². The number of carbonyl (C=O) groups is 1. The first-order valence-corrected chi connectivity index (χ1v) is 9.09.